The summed E-state index contributed by atoms with van der Waals surface area (Å²) in [7, 11) is 0. The highest BCUT2D eigenvalue weighted by atomic mass is 35.5. The number of benzene rings is 1. The van der Waals surface area contributed by atoms with E-state index in [0.717, 1.165) is 30.5 Å². The molecule has 0 aliphatic carbocycles. The molecule has 6 nitrogen and oxygen atoms in total. The number of nitrogens with zero attached hydrogens (tertiary/aromatic N) is 2. The number of halogens is 1. The molecule has 7 heteroatoms. The van der Waals surface area contributed by atoms with Crippen molar-refractivity contribution in [2.24, 2.45) is 0 Å². The summed E-state index contributed by atoms with van der Waals surface area (Å²) in [6.45, 7) is 7.44. The smallest absolute Gasteiger partial charge is 0.329 e. The summed E-state index contributed by atoms with van der Waals surface area (Å²) in [6, 6.07) is 7.75. The quantitative estimate of drug-likeness (QED) is 0.674. The number of hydrogen-bond donors (Lipinski definition) is 2. The van der Waals surface area contributed by atoms with Crippen molar-refractivity contribution in [2.45, 2.75) is 39.8 Å². The van der Waals surface area contributed by atoms with Gasteiger partial charge in [-0.1, -0.05) is 26.0 Å². The third kappa shape index (κ3) is 4.85. The van der Waals surface area contributed by atoms with Crippen molar-refractivity contribution in [2.75, 3.05) is 19.6 Å². The largest absolute Gasteiger partial charge is 0.355 e. The average Bonchev–Trinajstić information content (AvgIpc) is 2.82. The summed E-state index contributed by atoms with van der Waals surface area (Å²) >= 11 is 0. The number of rotatable bonds is 9. The molecule has 2 N–H and O–H groups in total. The van der Waals surface area contributed by atoms with Crippen molar-refractivity contribution in [3.8, 4) is 0 Å². The Hall–Kier alpha value is -1.79. The van der Waals surface area contributed by atoms with E-state index in [2.05, 4.69) is 17.6 Å². The predicted octanol–water partition coefficient (Wildman–Crippen LogP) is 1.75. The van der Waals surface area contributed by atoms with Crippen LogP contribution in [0.15, 0.2) is 29.1 Å². The first-order valence-corrected chi connectivity index (χ1v) is 8.34. The van der Waals surface area contributed by atoms with Crippen LogP contribution in [0.2, 0.25) is 0 Å². The second-order valence-corrected chi connectivity index (χ2v) is 5.53. The van der Waals surface area contributed by atoms with Crippen LogP contribution in [0.4, 0.5) is 0 Å². The van der Waals surface area contributed by atoms with Crippen LogP contribution in [-0.4, -0.2) is 34.7 Å². The number of likely N-dealkylation sites (N-methyl/N-ethyl adjacent to an activating group) is 1. The van der Waals surface area contributed by atoms with E-state index in [1.807, 2.05) is 31.2 Å². The third-order valence-corrected chi connectivity index (χ3v) is 3.81. The summed E-state index contributed by atoms with van der Waals surface area (Å²) in [5.74, 6) is -0.0258. The average molecular weight is 355 g/mol. The summed E-state index contributed by atoms with van der Waals surface area (Å²) in [4.78, 5) is 24.5. The summed E-state index contributed by atoms with van der Waals surface area (Å²) in [5, 5.41) is 6.02. The number of hydrogen-bond acceptors (Lipinski definition) is 3. The van der Waals surface area contributed by atoms with E-state index in [-0.39, 0.29) is 24.0 Å². The maximum Gasteiger partial charge on any atom is 0.329 e. The van der Waals surface area contributed by atoms with Gasteiger partial charge in [0.2, 0.25) is 5.91 Å². The maximum absolute atomic E-state index is 12.6. The molecule has 134 valence electrons. The van der Waals surface area contributed by atoms with Crippen LogP contribution in [0.3, 0.4) is 0 Å². The third-order valence-electron chi connectivity index (χ3n) is 3.81. The Balaban J connectivity index is 0.00000288. The highest BCUT2D eigenvalue weighted by Gasteiger charge is 2.13. The zero-order chi connectivity index (χ0) is 16.7. The van der Waals surface area contributed by atoms with Crippen molar-refractivity contribution in [3.63, 3.8) is 0 Å². The Kier molecular flexibility index (Phi) is 8.57. The minimum absolute atomic E-state index is 0. The van der Waals surface area contributed by atoms with E-state index < -0.39 is 0 Å². The first-order valence-electron chi connectivity index (χ1n) is 8.34. The fraction of sp³-hybridized carbons (Fsp3) is 0.529. The molecule has 0 spiro atoms. The normalized spacial score (nSPS) is 10.6. The molecule has 0 fully saturated rings. The van der Waals surface area contributed by atoms with Crippen LogP contribution in [0.25, 0.3) is 11.0 Å². The van der Waals surface area contributed by atoms with Crippen LogP contribution in [0, 0.1) is 0 Å². The number of nitrogens with one attached hydrogen (secondary N) is 2. The summed E-state index contributed by atoms with van der Waals surface area (Å²) < 4.78 is 3.49. The number of amides is 1. The van der Waals surface area contributed by atoms with Crippen molar-refractivity contribution in [1.82, 2.24) is 19.8 Å². The monoisotopic (exact) mass is 354 g/mol. The molecule has 1 amide bonds. The van der Waals surface area contributed by atoms with Crippen molar-refractivity contribution in [3.05, 3.63) is 34.7 Å². The lowest BCUT2D eigenvalue weighted by molar-refractivity contribution is -0.121. The van der Waals surface area contributed by atoms with Crippen LogP contribution < -0.4 is 16.3 Å². The molecule has 1 aromatic carbocycles. The second-order valence-electron chi connectivity index (χ2n) is 5.53. The minimum atomic E-state index is -0.0338. The van der Waals surface area contributed by atoms with E-state index >= 15 is 0 Å². The standard InChI is InChI=1S/C17H26N4O2.ClH/c1-3-12-20-14-7-5-6-8-15(14)21(17(20)23)13-9-16(22)19-11-10-18-4-2;/h5-8,18H,3-4,9-13H2,1-2H3,(H,19,22);1H. The first kappa shape index (κ1) is 20.3. The topological polar surface area (TPSA) is 68.1 Å². The number of imidazole rings is 1. The van der Waals surface area contributed by atoms with Crippen LogP contribution in [0.1, 0.15) is 26.7 Å². The van der Waals surface area contributed by atoms with Gasteiger partial charge in [0, 0.05) is 32.6 Å². The van der Waals surface area contributed by atoms with Gasteiger partial charge in [0.15, 0.2) is 0 Å². The van der Waals surface area contributed by atoms with Crippen LogP contribution >= 0.6 is 12.4 Å². The van der Waals surface area contributed by atoms with Gasteiger partial charge in [-0.25, -0.2) is 4.79 Å². The van der Waals surface area contributed by atoms with Crippen molar-refractivity contribution in [1.29, 1.82) is 0 Å². The lowest BCUT2D eigenvalue weighted by atomic mass is 10.3. The van der Waals surface area contributed by atoms with Gasteiger partial charge < -0.3 is 10.6 Å². The second kappa shape index (κ2) is 10.2. The number of carbonyl (C=O) groups excluding carboxylic acids is 1. The van der Waals surface area contributed by atoms with Crippen molar-refractivity contribution >= 4 is 29.3 Å². The number of fused-ring (bicyclic) bond motifs is 1. The molecular formula is C17H27ClN4O2. The highest BCUT2D eigenvalue weighted by Crippen LogP contribution is 2.13. The molecule has 2 aromatic rings. The van der Waals surface area contributed by atoms with Gasteiger partial charge in [-0.05, 0) is 25.1 Å². The molecule has 2 rings (SSSR count). The Labute approximate surface area is 148 Å². The molecule has 0 bridgehead atoms. The molecule has 0 aliphatic rings. The molecule has 24 heavy (non-hydrogen) atoms. The number of para-hydroxylation sites is 2. The SMILES string of the molecule is CCCn1c(=O)n(CCC(=O)NCCNCC)c2ccccc21.Cl. The fourth-order valence-electron chi connectivity index (χ4n) is 2.70. The number of carbonyl (C=O) groups is 1. The van der Waals surface area contributed by atoms with Gasteiger partial charge in [0.1, 0.15) is 0 Å². The Bertz CT molecular complexity index is 708. The summed E-state index contributed by atoms with van der Waals surface area (Å²) in [5.41, 5.74) is 1.80. The zero-order valence-corrected chi connectivity index (χ0v) is 15.2. The van der Waals surface area contributed by atoms with E-state index in [1.165, 1.54) is 0 Å². The number of aromatic nitrogens is 2. The zero-order valence-electron chi connectivity index (χ0n) is 14.4. The van der Waals surface area contributed by atoms with Crippen LogP contribution in [0.5, 0.6) is 0 Å². The molecule has 1 heterocycles. The molecule has 0 unspecified atom stereocenters. The van der Waals surface area contributed by atoms with E-state index in [0.29, 0.717) is 26.1 Å². The Morgan fingerprint density at radius 1 is 1.04 bits per heavy atom. The van der Waals surface area contributed by atoms with Gasteiger partial charge >= 0.3 is 5.69 Å². The molecule has 0 aliphatic heterocycles. The Morgan fingerprint density at radius 2 is 1.67 bits per heavy atom. The fourth-order valence-corrected chi connectivity index (χ4v) is 2.70. The van der Waals surface area contributed by atoms with Gasteiger partial charge in [-0.3, -0.25) is 13.9 Å². The van der Waals surface area contributed by atoms with Gasteiger partial charge in [0.05, 0.1) is 11.0 Å². The maximum atomic E-state index is 12.6. The molecule has 0 saturated carbocycles. The lowest BCUT2D eigenvalue weighted by Gasteiger charge is -2.06. The van der Waals surface area contributed by atoms with Crippen molar-refractivity contribution < 1.29 is 4.79 Å². The molecule has 1 aromatic heterocycles. The van der Waals surface area contributed by atoms with E-state index in [4.69, 9.17) is 0 Å². The Morgan fingerprint density at radius 3 is 2.25 bits per heavy atom. The number of aryl methyl sites for hydroxylation is 2. The minimum Gasteiger partial charge on any atom is -0.355 e. The van der Waals surface area contributed by atoms with Gasteiger partial charge in [0.25, 0.3) is 0 Å². The molecular weight excluding hydrogens is 328 g/mol. The van der Waals surface area contributed by atoms with Crippen LogP contribution in [-0.2, 0) is 17.9 Å². The van der Waals surface area contributed by atoms with E-state index in [1.54, 1.807) is 9.13 Å². The molecule has 0 radical (unpaired) electrons. The van der Waals surface area contributed by atoms with Gasteiger partial charge in [-0.15, -0.1) is 12.4 Å². The van der Waals surface area contributed by atoms with Gasteiger partial charge in [-0.2, -0.15) is 0 Å². The molecule has 0 atom stereocenters. The highest BCUT2D eigenvalue weighted by molar-refractivity contribution is 5.85. The molecule has 0 saturated heterocycles. The lowest BCUT2D eigenvalue weighted by Crippen LogP contribution is -2.33. The summed E-state index contributed by atoms with van der Waals surface area (Å²) in [6.07, 6.45) is 1.21. The first-order chi connectivity index (χ1) is 11.2. The van der Waals surface area contributed by atoms with E-state index in [9.17, 15) is 9.59 Å². The predicted molar refractivity (Wildman–Crippen MR) is 99.9 cm³/mol.